The van der Waals surface area contributed by atoms with E-state index in [4.69, 9.17) is 4.74 Å². The summed E-state index contributed by atoms with van der Waals surface area (Å²) in [6.07, 6.45) is 0.995. The molecule has 1 atom stereocenters. The fraction of sp³-hybridized carbons (Fsp3) is 0.562. The predicted molar refractivity (Wildman–Crippen MR) is 86.1 cm³/mol. The van der Waals surface area contributed by atoms with Crippen LogP contribution in [0.1, 0.15) is 31.4 Å². The minimum atomic E-state index is -0.613. The van der Waals surface area contributed by atoms with Crippen LogP contribution < -0.4 is 5.32 Å². The maximum Gasteiger partial charge on any atom is 0.326 e. The summed E-state index contributed by atoms with van der Waals surface area (Å²) in [5.74, 6) is 1.42. The molecule has 0 spiro atoms. The molecule has 0 aliphatic heterocycles. The molecule has 0 fully saturated rings. The first-order valence-electron chi connectivity index (χ1n) is 6.99. The normalized spacial score (nSPS) is 13.8. The number of ether oxygens (including phenoxy) is 1. The molecule has 0 radical (unpaired) electrons. The molecule has 20 heavy (non-hydrogen) atoms. The van der Waals surface area contributed by atoms with Crippen molar-refractivity contribution in [3.05, 3.63) is 35.4 Å². The van der Waals surface area contributed by atoms with Crippen molar-refractivity contribution >= 4 is 17.7 Å². The molecule has 0 saturated heterocycles. The summed E-state index contributed by atoms with van der Waals surface area (Å²) in [5, 5.41) is 3.30. The van der Waals surface area contributed by atoms with Crippen molar-refractivity contribution in [2.75, 3.05) is 19.4 Å². The van der Waals surface area contributed by atoms with E-state index in [1.807, 2.05) is 13.0 Å². The number of carbonyl (C=O) groups excluding carboxylic acids is 1. The Bertz CT molecular complexity index is 436. The molecule has 0 amide bonds. The lowest BCUT2D eigenvalue weighted by atomic mass is 10.1. The minimum Gasteiger partial charge on any atom is -0.468 e. The van der Waals surface area contributed by atoms with Crippen LogP contribution in [0.2, 0.25) is 0 Å². The first-order chi connectivity index (χ1) is 9.53. The average Bonchev–Trinajstić information content (AvgIpc) is 2.46. The fourth-order valence-electron chi connectivity index (χ4n) is 1.95. The highest BCUT2D eigenvalue weighted by atomic mass is 32.2. The highest BCUT2D eigenvalue weighted by molar-refractivity contribution is 7.98. The summed E-state index contributed by atoms with van der Waals surface area (Å²) < 4.78 is 4.92. The van der Waals surface area contributed by atoms with E-state index in [1.54, 1.807) is 11.8 Å². The first-order valence-corrected chi connectivity index (χ1v) is 8.14. The summed E-state index contributed by atoms with van der Waals surface area (Å²) in [4.78, 5) is 12.0. The Kier molecular flexibility index (Phi) is 7.10. The SMILES string of the molecule is CCCNC(C)(CSCc1ccccc1C)C(=O)OC. The number of hydrogen-bond acceptors (Lipinski definition) is 4. The number of nitrogens with one attached hydrogen (secondary N) is 1. The van der Waals surface area contributed by atoms with Gasteiger partial charge in [0.2, 0.25) is 0 Å². The van der Waals surface area contributed by atoms with Crippen LogP contribution in [0.15, 0.2) is 24.3 Å². The maximum atomic E-state index is 12.0. The number of aryl methyl sites for hydroxylation is 1. The van der Waals surface area contributed by atoms with Crippen LogP contribution in [0.25, 0.3) is 0 Å². The van der Waals surface area contributed by atoms with Gasteiger partial charge in [0.05, 0.1) is 7.11 Å². The van der Waals surface area contributed by atoms with Gasteiger partial charge in [-0.15, -0.1) is 0 Å². The van der Waals surface area contributed by atoms with Crippen LogP contribution in [-0.2, 0) is 15.3 Å². The van der Waals surface area contributed by atoms with E-state index in [2.05, 4.69) is 37.4 Å². The average molecular weight is 295 g/mol. The van der Waals surface area contributed by atoms with Crippen molar-refractivity contribution in [3.8, 4) is 0 Å². The molecule has 3 nitrogen and oxygen atoms in total. The van der Waals surface area contributed by atoms with Gasteiger partial charge in [0.15, 0.2) is 0 Å². The Balaban J connectivity index is 2.58. The van der Waals surface area contributed by atoms with E-state index in [0.29, 0.717) is 5.75 Å². The number of thioether (sulfide) groups is 1. The summed E-state index contributed by atoms with van der Waals surface area (Å²) in [6.45, 7) is 6.94. The molecular formula is C16H25NO2S. The van der Waals surface area contributed by atoms with Gasteiger partial charge in [0, 0.05) is 11.5 Å². The van der Waals surface area contributed by atoms with Crippen LogP contribution in [-0.4, -0.2) is 30.9 Å². The summed E-state index contributed by atoms with van der Waals surface area (Å²) in [6, 6.07) is 8.35. The van der Waals surface area contributed by atoms with Crippen LogP contribution >= 0.6 is 11.8 Å². The maximum absolute atomic E-state index is 12.0. The number of benzene rings is 1. The van der Waals surface area contributed by atoms with Crippen LogP contribution in [0.3, 0.4) is 0 Å². The molecule has 0 heterocycles. The second kappa shape index (κ2) is 8.32. The highest BCUT2D eigenvalue weighted by Crippen LogP contribution is 2.21. The van der Waals surface area contributed by atoms with Crippen molar-refractivity contribution in [2.45, 2.75) is 38.5 Å². The molecule has 0 aliphatic carbocycles. The van der Waals surface area contributed by atoms with Gasteiger partial charge in [-0.25, -0.2) is 0 Å². The Labute approximate surface area is 126 Å². The van der Waals surface area contributed by atoms with Crippen LogP contribution in [0, 0.1) is 6.92 Å². The highest BCUT2D eigenvalue weighted by Gasteiger charge is 2.33. The topological polar surface area (TPSA) is 38.3 Å². The van der Waals surface area contributed by atoms with E-state index in [9.17, 15) is 4.79 Å². The second-order valence-corrected chi connectivity index (χ2v) is 6.16. The van der Waals surface area contributed by atoms with Crippen molar-refractivity contribution in [1.82, 2.24) is 5.32 Å². The third kappa shape index (κ3) is 4.84. The van der Waals surface area contributed by atoms with Gasteiger partial charge < -0.3 is 10.1 Å². The Morgan fingerprint density at radius 1 is 1.40 bits per heavy atom. The largest absolute Gasteiger partial charge is 0.468 e. The molecule has 112 valence electrons. The lowest BCUT2D eigenvalue weighted by molar-refractivity contribution is -0.146. The Morgan fingerprint density at radius 3 is 2.70 bits per heavy atom. The van der Waals surface area contributed by atoms with Gasteiger partial charge >= 0.3 is 5.97 Å². The van der Waals surface area contributed by atoms with Crippen LogP contribution in [0.4, 0.5) is 0 Å². The van der Waals surface area contributed by atoms with Crippen molar-refractivity contribution < 1.29 is 9.53 Å². The summed E-state index contributed by atoms with van der Waals surface area (Å²) in [5.41, 5.74) is 2.00. The quantitative estimate of drug-likeness (QED) is 0.748. The number of carbonyl (C=O) groups is 1. The smallest absolute Gasteiger partial charge is 0.326 e. The summed E-state index contributed by atoms with van der Waals surface area (Å²) in [7, 11) is 1.44. The number of hydrogen-bond donors (Lipinski definition) is 1. The lowest BCUT2D eigenvalue weighted by Gasteiger charge is -2.27. The van der Waals surface area contributed by atoms with Gasteiger partial charge in [-0.05, 0) is 37.9 Å². The van der Waals surface area contributed by atoms with Gasteiger partial charge in [0.25, 0.3) is 0 Å². The predicted octanol–water partition coefficient (Wildman–Crippen LogP) is 3.16. The number of esters is 1. The molecule has 4 heteroatoms. The van der Waals surface area contributed by atoms with E-state index < -0.39 is 5.54 Å². The first kappa shape index (κ1) is 17.1. The number of methoxy groups -OCH3 is 1. The zero-order chi connectivity index (χ0) is 15.0. The fourth-order valence-corrected chi connectivity index (χ4v) is 3.22. The molecule has 1 aromatic rings. The van der Waals surface area contributed by atoms with Crippen molar-refractivity contribution in [1.29, 1.82) is 0 Å². The minimum absolute atomic E-state index is 0.191. The molecule has 0 bridgehead atoms. The Hall–Kier alpha value is -1.00. The van der Waals surface area contributed by atoms with E-state index in [-0.39, 0.29) is 5.97 Å². The molecule has 0 aromatic heterocycles. The molecule has 1 unspecified atom stereocenters. The van der Waals surface area contributed by atoms with E-state index in [0.717, 1.165) is 18.7 Å². The van der Waals surface area contributed by atoms with Crippen molar-refractivity contribution in [3.63, 3.8) is 0 Å². The third-order valence-corrected chi connectivity index (χ3v) is 4.61. The van der Waals surface area contributed by atoms with E-state index >= 15 is 0 Å². The molecular weight excluding hydrogens is 270 g/mol. The standard InChI is InChI=1S/C16H25NO2S/c1-5-10-17-16(3,15(18)19-4)12-20-11-14-9-7-6-8-13(14)2/h6-9,17H,5,10-12H2,1-4H3. The monoisotopic (exact) mass is 295 g/mol. The molecule has 0 saturated carbocycles. The molecule has 0 aliphatic rings. The zero-order valence-corrected chi connectivity index (χ0v) is 13.7. The molecule has 1 rings (SSSR count). The second-order valence-electron chi connectivity index (χ2n) is 5.17. The molecule has 1 aromatic carbocycles. The van der Waals surface area contributed by atoms with Gasteiger partial charge in [-0.2, -0.15) is 11.8 Å². The lowest BCUT2D eigenvalue weighted by Crippen LogP contribution is -2.52. The summed E-state index contributed by atoms with van der Waals surface area (Å²) >= 11 is 1.76. The Morgan fingerprint density at radius 2 is 2.10 bits per heavy atom. The zero-order valence-electron chi connectivity index (χ0n) is 12.9. The number of rotatable bonds is 8. The van der Waals surface area contributed by atoms with Gasteiger partial charge in [-0.3, -0.25) is 4.79 Å². The van der Waals surface area contributed by atoms with Crippen LogP contribution in [0.5, 0.6) is 0 Å². The van der Waals surface area contributed by atoms with Gasteiger partial charge in [-0.1, -0.05) is 31.2 Å². The van der Waals surface area contributed by atoms with Crippen molar-refractivity contribution in [2.24, 2.45) is 0 Å². The van der Waals surface area contributed by atoms with Gasteiger partial charge in [0.1, 0.15) is 5.54 Å². The van der Waals surface area contributed by atoms with E-state index in [1.165, 1.54) is 18.2 Å². The third-order valence-electron chi connectivity index (χ3n) is 3.31. The molecule has 1 N–H and O–H groups in total.